The largest absolute Gasteiger partial charge is 0.357 e. The average molecular weight is 539 g/mol. The fourth-order valence-corrected chi connectivity index (χ4v) is 4.21. The predicted octanol–water partition coefficient (Wildman–Crippen LogP) is 2.15. The summed E-state index contributed by atoms with van der Waals surface area (Å²) in [6, 6.07) is 17.0. The van der Waals surface area contributed by atoms with E-state index < -0.39 is 12.1 Å². The van der Waals surface area contributed by atoms with E-state index in [-0.39, 0.29) is 23.9 Å². The second-order valence-electron chi connectivity index (χ2n) is 9.12. The molecule has 0 unspecified atom stereocenters. The van der Waals surface area contributed by atoms with Crippen LogP contribution in [-0.2, 0) is 22.4 Å². The van der Waals surface area contributed by atoms with E-state index in [9.17, 15) is 19.2 Å². The number of nitrogens with one attached hydrogen (secondary N) is 4. The van der Waals surface area contributed by atoms with E-state index >= 15 is 0 Å². The molecule has 0 aliphatic rings. The van der Waals surface area contributed by atoms with E-state index in [1.807, 2.05) is 74.5 Å². The minimum atomic E-state index is -0.705. The first kappa shape index (κ1) is 31.1. The number of benzene rings is 2. The normalized spacial score (nSPS) is 12.0. The van der Waals surface area contributed by atoms with E-state index in [1.54, 1.807) is 23.9 Å². The molecule has 0 saturated carbocycles. The standard InChI is InChI=1S/C29H42N6O4/c1-5-34(28(38)32-24(26(36)30-3)20-22-14-9-7-10-15-22)18-13-19-35(6-2)29(39)33-25(27(37)31-4)21-23-16-11-8-12-17-23/h7-12,14-17,24-25H,5-6,13,18-21H2,1-4H3,(H,30,36)(H,31,37)(H,32,38)(H,33,39)/t24-,25-/m0/s1. The lowest BCUT2D eigenvalue weighted by molar-refractivity contribution is -0.123. The van der Waals surface area contributed by atoms with Gasteiger partial charge in [-0.05, 0) is 31.4 Å². The molecule has 0 bridgehead atoms. The van der Waals surface area contributed by atoms with Crippen molar-refractivity contribution in [2.75, 3.05) is 40.3 Å². The summed E-state index contributed by atoms with van der Waals surface area (Å²) in [5, 5.41) is 10.9. The Bertz CT molecular complexity index is 967. The molecule has 2 rings (SSSR count). The van der Waals surface area contributed by atoms with Gasteiger partial charge in [-0.25, -0.2) is 9.59 Å². The number of carbonyl (C=O) groups is 4. The zero-order chi connectivity index (χ0) is 28.6. The van der Waals surface area contributed by atoms with Crippen LogP contribution in [0.1, 0.15) is 31.4 Å². The molecule has 0 saturated heterocycles. The van der Waals surface area contributed by atoms with Crippen molar-refractivity contribution in [3.63, 3.8) is 0 Å². The highest BCUT2D eigenvalue weighted by atomic mass is 16.2. The summed E-state index contributed by atoms with van der Waals surface area (Å²) < 4.78 is 0. The Morgan fingerprint density at radius 2 is 1.00 bits per heavy atom. The fraction of sp³-hybridized carbons (Fsp3) is 0.448. The van der Waals surface area contributed by atoms with Crippen molar-refractivity contribution in [3.05, 3.63) is 71.8 Å². The Kier molecular flexibility index (Phi) is 13.3. The van der Waals surface area contributed by atoms with Crippen molar-refractivity contribution < 1.29 is 19.2 Å². The summed E-state index contributed by atoms with van der Waals surface area (Å²) in [7, 11) is 3.09. The SMILES string of the molecule is CCN(CCCN(CC)C(=O)N[C@@H](Cc1ccccc1)C(=O)NC)C(=O)N[C@@H](Cc1ccccc1)C(=O)NC. The van der Waals surface area contributed by atoms with E-state index in [1.165, 1.54) is 0 Å². The van der Waals surface area contributed by atoms with Crippen LogP contribution in [0.25, 0.3) is 0 Å². The molecule has 212 valence electrons. The molecule has 0 radical (unpaired) electrons. The topological polar surface area (TPSA) is 123 Å². The van der Waals surface area contributed by atoms with Gasteiger partial charge in [0, 0.05) is 53.1 Å². The van der Waals surface area contributed by atoms with Crippen LogP contribution in [0.4, 0.5) is 9.59 Å². The average Bonchev–Trinajstić information content (AvgIpc) is 2.96. The lowest BCUT2D eigenvalue weighted by atomic mass is 10.1. The number of likely N-dealkylation sites (N-methyl/N-ethyl adjacent to an activating group) is 2. The smallest absolute Gasteiger partial charge is 0.318 e. The number of hydrogen-bond donors (Lipinski definition) is 4. The van der Waals surface area contributed by atoms with Crippen molar-refractivity contribution in [3.8, 4) is 0 Å². The molecule has 0 spiro atoms. The van der Waals surface area contributed by atoms with Gasteiger partial charge < -0.3 is 31.1 Å². The third kappa shape index (κ3) is 10.3. The number of nitrogens with zero attached hydrogens (tertiary/aromatic N) is 2. The van der Waals surface area contributed by atoms with Crippen molar-refractivity contribution in [1.29, 1.82) is 0 Å². The molecule has 4 N–H and O–H groups in total. The highest BCUT2D eigenvalue weighted by molar-refractivity contribution is 5.88. The molecule has 0 heterocycles. The van der Waals surface area contributed by atoms with Crippen LogP contribution in [0, 0.1) is 0 Å². The summed E-state index contributed by atoms with van der Waals surface area (Å²) in [4.78, 5) is 54.1. The number of rotatable bonds is 14. The van der Waals surface area contributed by atoms with E-state index in [0.717, 1.165) is 11.1 Å². The van der Waals surface area contributed by atoms with Gasteiger partial charge in [-0.2, -0.15) is 0 Å². The number of hydrogen-bond acceptors (Lipinski definition) is 4. The molecule has 0 aromatic heterocycles. The van der Waals surface area contributed by atoms with Gasteiger partial charge in [0.2, 0.25) is 11.8 Å². The van der Waals surface area contributed by atoms with E-state index in [4.69, 9.17) is 0 Å². The third-order valence-corrected chi connectivity index (χ3v) is 6.48. The molecule has 2 aromatic carbocycles. The Morgan fingerprint density at radius 3 is 1.31 bits per heavy atom. The summed E-state index contributed by atoms with van der Waals surface area (Å²) in [5.74, 6) is -0.531. The molecular formula is C29H42N6O4. The second-order valence-corrected chi connectivity index (χ2v) is 9.12. The van der Waals surface area contributed by atoms with Crippen molar-refractivity contribution in [2.24, 2.45) is 0 Å². The van der Waals surface area contributed by atoms with Gasteiger partial charge in [-0.15, -0.1) is 0 Å². The predicted molar refractivity (Wildman–Crippen MR) is 152 cm³/mol. The van der Waals surface area contributed by atoms with Crippen molar-refractivity contribution in [1.82, 2.24) is 31.1 Å². The fourth-order valence-electron chi connectivity index (χ4n) is 4.21. The lowest BCUT2D eigenvalue weighted by Crippen LogP contribution is -2.53. The number of amides is 6. The third-order valence-electron chi connectivity index (χ3n) is 6.48. The first-order valence-electron chi connectivity index (χ1n) is 13.4. The van der Waals surface area contributed by atoms with Crippen LogP contribution >= 0.6 is 0 Å². The zero-order valence-electron chi connectivity index (χ0n) is 23.4. The molecule has 10 heteroatoms. The van der Waals surface area contributed by atoms with Gasteiger partial charge >= 0.3 is 12.1 Å². The minimum absolute atomic E-state index is 0.266. The van der Waals surface area contributed by atoms with Gasteiger partial charge in [0.1, 0.15) is 12.1 Å². The van der Waals surface area contributed by atoms with Crippen molar-refractivity contribution >= 4 is 23.9 Å². The summed E-state index contributed by atoms with van der Waals surface area (Å²) in [5.41, 5.74) is 1.89. The Hall–Kier alpha value is -4.08. The molecule has 0 aliphatic carbocycles. The van der Waals surface area contributed by atoms with Gasteiger partial charge in [0.15, 0.2) is 0 Å². The Balaban J connectivity index is 1.93. The molecule has 10 nitrogen and oxygen atoms in total. The van der Waals surface area contributed by atoms with Gasteiger partial charge in [0.25, 0.3) is 0 Å². The number of carbonyl (C=O) groups excluding carboxylic acids is 4. The first-order valence-corrected chi connectivity index (χ1v) is 13.4. The maximum absolute atomic E-state index is 13.0. The maximum Gasteiger partial charge on any atom is 0.318 e. The van der Waals surface area contributed by atoms with Crippen molar-refractivity contribution in [2.45, 2.75) is 45.2 Å². The monoisotopic (exact) mass is 538 g/mol. The quantitative estimate of drug-likeness (QED) is 0.294. The first-order chi connectivity index (χ1) is 18.8. The van der Waals surface area contributed by atoms with Crippen LogP contribution in [0.5, 0.6) is 0 Å². The van der Waals surface area contributed by atoms with Gasteiger partial charge in [-0.3, -0.25) is 9.59 Å². The van der Waals surface area contributed by atoms with Crippen LogP contribution in [0.3, 0.4) is 0 Å². The summed E-state index contributed by atoms with van der Waals surface area (Å²) in [6.07, 6.45) is 1.29. The maximum atomic E-state index is 13.0. The van der Waals surface area contributed by atoms with Gasteiger partial charge in [-0.1, -0.05) is 60.7 Å². The van der Waals surface area contributed by atoms with Crippen LogP contribution in [0.15, 0.2) is 60.7 Å². The molecule has 0 aliphatic heterocycles. The van der Waals surface area contributed by atoms with Crippen LogP contribution in [-0.4, -0.2) is 86.0 Å². The molecule has 2 aromatic rings. The molecule has 39 heavy (non-hydrogen) atoms. The summed E-state index contributed by atoms with van der Waals surface area (Å²) >= 11 is 0. The molecule has 0 fully saturated rings. The van der Waals surface area contributed by atoms with Crippen LogP contribution in [0.2, 0.25) is 0 Å². The van der Waals surface area contributed by atoms with E-state index in [2.05, 4.69) is 21.3 Å². The molecular weight excluding hydrogens is 496 g/mol. The van der Waals surface area contributed by atoms with Gasteiger partial charge in [0.05, 0.1) is 0 Å². The Labute approximate surface area is 231 Å². The minimum Gasteiger partial charge on any atom is -0.357 e. The highest BCUT2D eigenvalue weighted by Gasteiger charge is 2.25. The van der Waals surface area contributed by atoms with E-state index in [0.29, 0.717) is 45.4 Å². The molecule has 2 atom stereocenters. The van der Waals surface area contributed by atoms with Crippen LogP contribution < -0.4 is 21.3 Å². The molecule has 6 amide bonds. The second kappa shape index (κ2) is 16.7. The summed E-state index contributed by atoms with van der Waals surface area (Å²) in [6.45, 7) is 5.44. The Morgan fingerprint density at radius 1 is 0.641 bits per heavy atom. The zero-order valence-corrected chi connectivity index (χ0v) is 23.4. The highest BCUT2D eigenvalue weighted by Crippen LogP contribution is 2.07. The number of urea groups is 2. The lowest BCUT2D eigenvalue weighted by Gasteiger charge is -2.28.